The van der Waals surface area contributed by atoms with E-state index in [1.165, 1.54) is 12.1 Å². The van der Waals surface area contributed by atoms with E-state index < -0.39 is 11.0 Å². The predicted molar refractivity (Wildman–Crippen MR) is 92.7 cm³/mol. The van der Waals surface area contributed by atoms with E-state index in [4.69, 9.17) is 4.74 Å². The molecule has 1 aromatic rings. The molecule has 5 nitrogen and oxygen atoms in total. The standard InChI is InChI=1S/C19H25FN2O3/c1-18(2,3)17(24)21-9-5-8-19(12-21)13-22(16(23)11-25-19)15-7-4-6-14(20)10-15/h4,6-7,10H,5,8-9,11-13H2,1-3H3. The molecule has 2 heterocycles. The number of likely N-dealkylation sites (tertiary alicyclic amines) is 1. The summed E-state index contributed by atoms with van der Waals surface area (Å²) >= 11 is 0. The van der Waals surface area contributed by atoms with E-state index in [1.54, 1.807) is 17.0 Å². The van der Waals surface area contributed by atoms with E-state index in [-0.39, 0.29) is 24.2 Å². The minimum Gasteiger partial charge on any atom is -0.361 e. The molecule has 1 unspecified atom stereocenters. The van der Waals surface area contributed by atoms with Crippen molar-refractivity contribution in [2.24, 2.45) is 5.41 Å². The van der Waals surface area contributed by atoms with Crippen LogP contribution in [0.2, 0.25) is 0 Å². The number of hydrogen-bond donors (Lipinski definition) is 0. The van der Waals surface area contributed by atoms with Crippen molar-refractivity contribution in [1.82, 2.24) is 4.90 Å². The first-order valence-electron chi connectivity index (χ1n) is 8.70. The summed E-state index contributed by atoms with van der Waals surface area (Å²) in [5, 5.41) is 0. The molecular weight excluding hydrogens is 323 g/mol. The smallest absolute Gasteiger partial charge is 0.253 e. The van der Waals surface area contributed by atoms with Crippen molar-refractivity contribution < 1.29 is 18.7 Å². The fraction of sp³-hybridized carbons (Fsp3) is 0.579. The SMILES string of the molecule is CC(C)(C)C(=O)N1CCCC2(C1)CN(c1cccc(F)c1)C(=O)CO2. The Morgan fingerprint density at radius 1 is 1.28 bits per heavy atom. The molecule has 2 aliphatic rings. The molecule has 2 amide bonds. The van der Waals surface area contributed by atoms with Gasteiger partial charge in [0.2, 0.25) is 5.91 Å². The summed E-state index contributed by atoms with van der Waals surface area (Å²) in [5.41, 5.74) is -0.503. The van der Waals surface area contributed by atoms with E-state index in [2.05, 4.69) is 0 Å². The summed E-state index contributed by atoms with van der Waals surface area (Å²) in [6.07, 6.45) is 1.60. The summed E-state index contributed by atoms with van der Waals surface area (Å²) in [7, 11) is 0. The Hall–Kier alpha value is -1.95. The molecule has 0 N–H and O–H groups in total. The number of hydrogen-bond acceptors (Lipinski definition) is 3. The van der Waals surface area contributed by atoms with Gasteiger partial charge in [0.1, 0.15) is 18.0 Å². The Kier molecular flexibility index (Phi) is 4.58. The lowest BCUT2D eigenvalue weighted by Gasteiger charge is -2.48. The third kappa shape index (κ3) is 3.68. The first-order chi connectivity index (χ1) is 11.7. The Labute approximate surface area is 147 Å². The van der Waals surface area contributed by atoms with Gasteiger partial charge in [-0.1, -0.05) is 26.8 Å². The Morgan fingerprint density at radius 2 is 2.04 bits per heavy atom. The van der Waals surface area contributed by atoms with Crippen LogP contribution in [-0.2, 0) is 14.3 Å². The van der Waals surface area contributed by atoms with E-state index in [0.717, 1.165) is 12.8 Å². The maximum absolute atomic E-state index is 13.6. The fourth-order valence-corrected chi connectivity index (χ4v) is 3.59. The molecule has 2 aliphatic heterocycles. The lowest BCUT2D eigenvalue weighted by Crippen LogP contribution is -2.63. The Morgan fingerprint density at radius 3 is 2.72 bits per heavy atom. The molecular formula is C19H25FN2O3. The minimum atomic E-state index is -0.584. The van der Waals surface area contributed by atoms with Crippen LogP contribution < -0.4 is 4.90 Å². The van der Waals surface area contributed by atoms with Crippen molar-refractivity contribution in [3.8, 4) is 0 Å². The zero-order chi connectivity index (χ0) is 18.2. The number of anilines is 1. The number of morpholine rings is 1. The second-order valence-electron chi connectivity index (χ2n) is 8.01. The first-order valence-corrected chi connectivity index (χ1v) is 8.70. The lowest BCUT2D eigenvalue weighted by atomic mass is 9.87. The van der Waals surface area contributed by atoms with Crippen LogP contribution in [0.4, 0.5) is 10.1 Å². The number of ether oxygens (including phenoxy) is 1. The molecule has 0 bridgehead atoms. The topological polar surface area (TPSA) is 49.9 Å². The monoisotopic (exact) mass is 348 g/mol. The van der Waals surface area contributed by atoms with Crippen molar-refractivity contribution in [1.29, 1.82) is 0 Å². The van der Waals surface area contributed by atoms with E-state index in [9.17, 15) is 14.0 Å². The average Bonchev–Trinajstić information content (AvgIpc) is 2.56. The second-order valence-corrected chi connectivity index (χ2v) is 8.01. The maximum Gasteiger partial charge on any atom is 0.253 e. The number of benzene rings is 1. The van der Waals surface area contributed by atoms with E-state index >= 15 is 0 Å². The molecule has 25 heavy (non-hydrogen) atoms. The van der Waals surface area contributed by atoms with Gasteiger partial charge in [0, 0.05) is 17.6 Å². The molecule has 0 saturated carbocycles. The lowest BCUT2D eigenvalue weighted by molar-refractivity contribution is -0.157. The number of carbonyl (C=O) groups excluding carboxylic acids is 2. The zero-order valence-electron chi connectivity index (χ0n) is 15.0. The van der Waals surface area contributed by atoms with E-state index in [0.29, 0.717) is 25.3 Å². The number of halogens is 1. The van der Waals surface area contributed by atoms with Crippen LogP contribution in [0.1, 0.15) is 33.6 Å². The molecule has 136 valence electrons. The van der Waals surface area contributed by atoms with Crippen molar-refractivity contribution in [2.45, 2.75) is 39.2 Å². The van der Waals surface area contributed by atoms with Crippen molar-refractivity contribution in [3.63, 3.8) is 0 Å². The molecule has 1 atom stereocenters. The van der Waals surface area contributed by atoms with Crippen molar-refractivity contribution >= 4 is 17.5 Å². The molecule has 3 rings (SSSR count). The molecule has 6 heteroatoms. The predicted octanol–water partition coefficient (Wildman–Crippen LogP) is 2.60. The van der Waals surface area contributed by atoms with Crippen LogP contribution in [0, 0.1) is 11.2 Å². The van der Waals surface area contributed by atoms with Gasteiger partial charge in [-0.25, -0.2) is 4.39 Å². The number of rotatable bonds is 1. The summed E-state index contributed by atoms with van der Waals surface area (Å²) in [6.45, 7) is 7.16. The van der Waals surface area contributed by atoms with Gasteiger partial charge in [0.25, 0.3) is 5.91 Å². The van der Waals surface area contributed by atoms with Gasteiger partial charge < -0.3 is 14.5 Å². The quantitative estimate of drug-likeness (QED) is 0.784. The molecule has 2 saturated heterocycles. The highest BCUT2D eigenvalue weighted by molar-refractivity contribution is 5.95. The Balaban J connectivity index is 1.82. The fourth-order valence-electron chi connectivity index (χ4n) is 3.59. The van der Waals surface area contributed by atoms with Gasteiger partial charge in [-0.05, 0) is 31.0 Å². The largest absolute Gasteiger partial charge is 0.361 e. The second kappa shape index (κ2) is 6.41. The van der Waals surface area contributed by atoms with Crippen LogP contribution >= 0.6 is 0 Å². The van der Waals surface area contributed by atoms with Crippen molar-refractivity contribution in [3.05, 3.63) is 30.1 Å². The normalized spacial score (nSPS) is 24.7. The molecule has 1 aromatic carbocycles. The van der Waals surface area contributed by atoms with E-state index in [1.807, 2.05) is 25.7 Å². The third-order valence-electron chi connectivity index (χ3n) is 4.84. The summed E-state index contributed by atoms with van der Waals surface area (Å²) in [4.78, 5) is 28.4. The molecule has 0 aromatic heterocycles. The van der Waals surface area contributed by atoms with Crippen molar-refractivity contribution in [2.75, 3.05) is 31.1 Å². The number of nitrogens with zero attached hydrogens (tertiary/aromatic N) is 2. The van der Waals surface area contributed by atoms with Crippen LogP contribution in [0.3, 0.4) is 0 Å². The summed E-state index contributed by atoms with van der Waals surface area (Å²) in [6, 6.07) is 6.03. The van der Waals surface area contributed by atoms with Gasteiger partial charge in [0.15, 0.2) is 0 Å². The van der Waals surface area contributed by atoms with Gasteiger partial charge in [-0.3, -0.25) is 9.59 Å². The van der Waals surface area contributed by atoms with Gasteiger partial charge in [0.05, 0.1) is 13.1 Å². The molecule has 2 fully saturated rings. The number of amides is 2. The third-order valence-corrected chi connectivity index (χ3v) is 4.84. The van der Waals surface area contributed by atoms with Crippen LogP contribution in [0.5, 0.6) is 0 Å². The zero-order valence-corrected chi connectivity index (χ0v) is 15.0. The molecule has 1 spiro atoms. The van der Waals surface area contributed by atoms with Gasteiger partial charge in [-0.2, -0.15) is 0 Å². The minimum absolute atomic E-state index is 0.0476. The molecule has 0 aliphatic carbocycles. The van der Waals surface area contributed by atoms with Crippen LogP contribution in [0.15, 0.2) is 24.3 Å². The van der Waals surface area contributed by atoms with Crippen LogP contribution in [-0.4, -0.2) is 48.6 Å². The molecule has 0 radical (unpaired) electrons. The van der Waals surface area contributed by atoms with Crippen LogP contribution in [0.25, 0.3) is 0 Å². The highest BCUT2D eigenvalue weighted by Gasteiger charge is 2.45. The number of piperidine rings is 1. The average molecular weight is 348 g/mol. The Bertz CT molecular complexity index is 685. The maximum atomic E-state index is 13.6. The highest BCUT2D eigenvalue weighted by Crippen LogP contribution is 2.33. The van der Waals surface area contributed by atoms with Gasteiger partial charge in [-0.15, -0.1) is 0 Å². The summed E-state index contributed by atoms with van der Waals surface area (Å²) < 4.78 is 19.5. The first kappa shape index (κ1) is 17.9. The number of carbonyl (C=O) groups is 2. The van der Waals surface area contributed by atoms with Gasteiger partial charge >= 0.3 is 0 Å². The summed E-state index contributed by atoms with van der Waals surface area (Å²) in [5.74, 6) is -0.473. The highest BCUT2D eigenvalue weighted by atomic mass is 19.1.